The molecule has 1 atom stereocenters. The molecule has 2 heteroatoms. The molecule has 100 valence electrons. The molecule has 0 rings (SSSR count). The number of rotatable bonds is 11. The first kappa shape index (κ1) is 16.4. The number of aliphatic hydroxyl groups is 2. The van der Waals surface area contributed by atoms with Crippen LogP contribution in [-0.4, -0.2) is 23.4 Å². The molecule has 0 aliphatic carbocycles. The molecule has 0 spiro atoms. The van der Waals surface area contributed by atoms with Crippen molar-refractivity contribution in [2.75, 3.05) is 13.2 Å². The molecule has 0 aliphatic heterocycles. The fourth-order valence-electron chi connectivity index (χ4n) is 1.76. The lowest BCUT2D eigenvalue weighted by molar-refractivity contribution is 0.219. The van der Waals surface area contributed by atoms with Gasteiger partial charge in [0.15, 0.2) is 0 Å². The number of hydrogen-bond donors (Lipinski definition) is 2. The molecular formula is C15H28O2. The van der Waals surface area contributed by atoms with E-state index in [1.165, 1.54) is 0 Å². The third-order valence-corrected chi connectivity index (χ3v) is 2.80. The summed E-state index contributed by atoms with van der Waals surface area (Å²) < 4.78 is 0. The number of allylic oxidation sites excluding steroid dienone is 3. The van der Waals surface area contributed by atoms with Gasteiger partial charge >= 0.3 is 0 Å². The molecule has 0 aliphatic rings. The van der Waals surface area contributed by atoms with Gasteiger partial charge in [-0.15, -0.1) is 0 Å². The maximum atomic E-state index is 9.12. The summed E-state index contributed by atoms with van der Waals surface area (Å²) in [5.74, 6) is 0.445. The van der Waals surface area contributed by atoms with Gasteiger partial charge in [0.25, 0.3) is 0 Å². The van der Waals surface area contributed by atoms with Crippen molar-refractivity contribution >= 4 is 0 Å². The molecule has 0 heterocycles. The Bertz CT molecular complexity index is 197. The maximum Gasteiger partial charge on any atom is 0.0465 e. The van der Waals surface area contributed by atoms with Gasteiger partial charge in [0.1, 0.15) is 0 Å². The van der Waals surface area contributed by atoms with Crippen molar-refractivity contribution in [2.45, 2.75) is 51.9 Å². The molecule has 0 radical (unpaired) electrons. The van der Waals surface area contributed by atoms with Gasteiger partial charge < -0.3 is 10.2 Å². The first-order chi connectivity index (χ1) is 8.35. The zero-order valence-corrected chi connectivity index (χ0v) is 11.1. The van der Waals surface area contributed by atoms with Crippen LogP contribution in [-0.2, 0) is 0 Å². The Hall–Kier alpha value is -0.600. The number of unbranched alkanes of at least 4 members (excludes halogenated alkanes) is 2. The summed E-state index contributed by atoms with van der Waals surface area (Å²) in [6, 6.07) is 0. The normalized spacial score (nSPS) is 13.8. The smallest absolute Gasteiger partial charge is 0.0465 e. The fourth-order valence-corrected chi connectivity index (χ4v) is 1.76. The Morgan fingerprint density at radius 2 is 1.59 bits per heavy atom. The molecule has 0 amide bonds. The summed E-state index contributed by atoms with van der Waals surface area (Å²) >= 11 is 0. The van der Waals surface area contributed by atoms with Crippen LogP contribution in [0.15, 0.2) is 24.3 Å². The van der Waals surface area contributed by atoms with Crippen LogP contribution in [0.2, 0.25) is 0 Å². The largest absolute Gasteiger partial charge is 0.396 e. The van der Waals surface area contributed by atoms with Gasteiger partial charge in [-0.25, -0.2) is 0 Å². The van der Waals surface area contributed by atoms with Crippen LogP contribution >= 0.6 is 0 Å². The highest BCUT2D eigenvalue weighted by molar-refractivity contribution is 4.86. The van der Waals surface area contributed by atoms with Crippen LogP contribution in [0.4, 0.5) is 0 Å². The Kier molecular flexibility index (Phi) is 13.0. The van der Waals surface area contributed by atoms with E-state index >= 15 is 0 Å². The van der Waals surface area contributed by atoms with Crippen LogP contribution in [0.3, 0.4) is 0 Å². The molecular weight excluding hydrogens is 212 g/mol. The third-order valence-electron chi connectivity index (χ3n) is 2.80. The van der Waals surface area contributed by atoms with Crippen molar-refractivity contribution in [3.05, 3.63) is 24.3 Å². The molecule has 0 saturated carbocycles. The van der Waals surface area contributed by atoms with Crippen molar-refractivity contribution in [1.29, 1.82) is 0 Å². The van der Waals surface area contributed by atoms with Gasteiger partial charge in [0.05, 0.1) is 0 Å². The summed E-state index contributed by atoms with van der Waals surface area (Å²) in [5.41, 5.74) is 0. The minimum Gasteiger partial charge on any atom is -0.396 e. The lowest BCUT2D eigenvalue weighted by Gasteiger charge is -2.08. The molecule has 2 nitrogen and oxygen atoms in total. The van der Waals surface area contributed by atoms with Crippen molar-refractivity contribution in [2.24, 2.45) is 5.92 Å². The first-order valence-corrected chi connectivity index (χ1v) is 6.86. The van der Waals surface area contributed by atoms with Gasteiger partial charge in [-0.2, -0.15) is 0 Å². The van der Waals surface area contributed by atoms with Crippen molar-refractivity contribution in [3.63, 3.8) is 0 Å². The second-order valence-electron chi connectivity index (χ2n) is 4.46. The molecule has 0 fully saturated rings. The van der Waals surface area contributed by atoms with E-state index in [9.17, 15) is 0 Å². The zero-order valence-electron chi connectivity index (χ0n) is 11.1. The molecule has 0 aromatic rings. The SMILES string of the molecule is CCCC(CO)CC=CCCC/C=C\CCO. The minimum absolute atomic E-state index is 0.246. The average molecular weight is 240 g/mol. The Balaban J connectivity index is 3.40. The Morgan fingerprint density at radius 3 is 2.18 bits per heavy atom. The number of hydrogen-bond acceptors (Lipinski definition) is 2. The average Bonchev–Trinajstić information content (AvgIpc) is 2.35. The fraction of sp³-hybridized carbons (Fsp3) is 0.733. The van der Waals surface area contributed by atoms with Gasteiger partial charge in [-0.3, -0.25) is 0 Å². The zero-order chi connectivity index (χ0) is 12.8. The summed E-state index contributed by atoms with van der Waals surface area (Å²) in [4.78, 5) is 0. The van der Waals surface area contributed by atoms with E-state index < -0.39 is 0 Å². The van der Waals surface area contributed by atoms with E-state index in [1.807, 2.05) is 6.08 Å². The van der Waals surface area contributed by atoms with Gasteiger partial charge in [0.2, 0.25) is 0 Å². The number of aliphatic hydroxyl groups excluding tert-OH is 2. The highest BCUT2D eigenvalue weighted by atomic mass is 16.3. The molecule has 0 aromatic heterocycles. The predicted molar refractivity (Wildman–Crippen MR) is 73.9 cm³/mol. The first-order valence-electron chi connectivity index (χ1n) is 6.86. The highest BCUT2D eigenvalue weighted by Crippen LogP contribution is 2.11. The van der Waals surface area contributed by atoms with Crippen LogP contribution in [0, 0.1) is 5.92 Å². The van der Waals surface area contributed by atoms with E-state index in [1.54, 1.807) is 0 Å². The summed E-state index contributed by atoms with van der Waals surface area (Å²) in [5, 5.41) is 17.7. The standard InChI is InChI=1S/C15H28O2/c1-2-11-15(14-17)12-9-7-5-3-4-6-8-10-13-16/h6-9,15-17H,2-5,10-14H2,1H3/b8-6-,9-7?. The molecule has 2 N–H and O–H groups in total. The van der Waals surface area contributed by atoms with Crippen molar-refractivity contribution < 1.29 is 10.2 Å². The van der Waals surface area contributed by atoms with Crippen LogP contribution in [0.5, 0.6) is 0 Å². The molecule has 1 unspecified atom stereocenters. The molecule has 0 saturated heterocycles. The topological polar surface area (TPSA) is 40.5 Å². The maximum absolute atomic E-state index is 9.12. The van der Waals surface area contributed by atoms with Crippen LogP contribution < -0.4 is 0 Å². The lowest BCUT2D eigenvalue weighted by atomic mass is 10.0. The van der Waals surface area contributed by atoms with Crippen LogP contribution in [0.1, 0.15) is 51.9 Å². The van der Waals surface area contributed by atoms with Crippen LogP contribution in [0.25, 0.3) is 0 Å². The second kappa shape index (κ2) is 13.5. The van der Waals surface area contributed by atoms with E-state index in [4.69, 9.17) is 10.2 Å². The second-order valence-corrected chi connectivity index (χ2v) is 4.46. The van der Waals surface area contributed by atoms with E-state index in [0.717, 1.165) is 44.9 Å². The minimum atomic E-state index is 0.246. The van der Waals surface area contributed by atoms with Gasteiger partial charge in [-0.1, -0.05) is 37.6 Å². The predicted octanol–water partition coefficient (Wildman–Crippen LogP) is 3.45. The highest BCUT2D eigenvalue weighted by Gasteiger charge is 2.02. The van der Waals surface area contributed by atoms with Crippen molar-refractivity contribution in [3.8, 4) is 0 Å². The third kappa shape index (κ3) is 11.7. The van der Waals surface area contributed by atoms with E-state index in [0.29, 0.717) is 12.5 Å². The Morgan fingerprint density at radius 1 is 0.941 bits per heavy atom. The molecule has 0 bridgehead atoms. The molecule has 0 aromatic carbocycles. The quantitative estimate of drug-likeness (QED) is 0.429. The Labute approximate surface area is 106 Å². The lowest BCUT2D eigenvalue weighted by Crippen LogP contribution is -2.03. The molecule has 17 heavy (non-hydrogen) atoms. The van der Waals surface area contributed by atoms with E-state index in [2.05, 4.69) is 25.2 Å². The van der Waals surface area contributed by atoms with E-state index in [-0.39, 0.29) is 6.61 Å². The van der Waals surface area contributed by atoms with Crippen molar-refractivity contribution in [1.82, 2.24) is 0 Å². The van der Waals surface area contributed by atoms with Gasteiger partial charge in [0, 0.05) is 13.2 Å². The summed E-state index contributed by atoms with van der Waals surface area (Å²) in [6.07, 6.45) is 16.0. The summed E-state index contributed by atoms with van der Waals surface area (Å²) in [7, 11) is 0. The van der Waals surface area contributed by atoms with Gasteiger partial charge in [-0.05, 0) is 44.4 Å². The summed E-state index contributed by atoms with van der Waals surface area (Å²) in [6.45, 7) is 2.71. The monoisotopic (exact) mass is 240 g/mol.